The Labute approximate surface area is 73.7 Å². The summed E-state index contributed by atoms with van der Waals surface area (Å²) in [6, 6.07) is 0.388. The first-order chi connectivity index (χ1) is 5.06. The summed E-state index contributed by atoms with van der Waals surface area (Å²) in [7, 11) is 0. The van der Waals surface area contributed by atoms with E-state index in [2.05, 4.69) is 31.5 Å². The zero-order valence-electron chi connectivity index (χ0n) is 7.35. The van der Waals surface area contributed by atoms with Gasteiger partial charge in [-0.25, -0.2) is 5.84 Å². The van der Waals surface area contributed by atoms with Crippen LogP contribution in [0.5, 0.6) is 0 Å². The van der Waals surface area contributed by atoms with Crippen molar-refractivity contribution in [2.75, 3.05) is 0 Å². The maximum absolute atomic E-state index is 5.10. The number of nitrogens with one attached hydrogen (secondary N) is 2. The first-order valence-electron chi connectivity index (χ1n) is 3.83. The van der Waals surface area contributed by atoms with Gasteiger partial charge >= 0.3 is 0 Å². The Bertz CT molecular complexity index is 125. The van der Waals surface area contributed by atoms with Crippen molar-refractivity contribution < 1.29 is 0 Å². The van der Waals surface area contributed by atoms with Crippen molar-refractivity contribution >= 4 is 17.3 Å². The predicted molar refractivity (Wildman–Crippen MR) is 52.0 cm³/mol. The average molecular weight is 175 g/mol. The molecular weight excluding hydrogens is 158 g/mol. The highest BCUT2D eigenvalue weighted by Crippen LogP contribution is 2.02. The summed E-state index contributed by atoms with van der Waals surface area (Å²) in [5.41, 5.74) is 2.39. The number of rotatable bonds is 3. The fourth-order valence-corrected chi connectivity index (χ4v) is 1.23. The topological polar surface area (TPSA) is 50.1 Å². The van der Waals surface area contributed by atoms with Gasteiger partial charge in [0.25, 0.3) is 0 Å². The number of thiocarbonyl (C=S) groups is 1. The molecule has 0 aromatic heterocycles. The molecule has 0 saturated carbocycles. The summed E-state index contributed by atoms with van der Waals surface area (Å²) in [6.07, 6.45) is 1.10. The Morgan fingerprint density at radius 1 is 1.45 bits per heavy atom. The molecule has 0 bridgehead atoms. The van der Waals surface area contributed by atoms with Crippen molar-refractivity contribution in [3.8, 4) is 0 Å². The minimum absolute atomic E-state index is 0.388. The number of hydrogen-bond acceptors (Lipinski definition) is 2. The molecule has 0 aromatic carbocycles. The molecule has 66 valence electrons. The third kappa shape index (κ3) is 6.06. The monoisotopic (exact) mass is 175 g/mol. The average Bonchev–Trinajstić information content (AvgIpc) is 1.85. The Morgan fingerprint density at radius 3 is 2.36 bits per heavy atom. The first-order valence-corrected chi connectivity index (χ1v) is 4.24. The van der Waals surface area contributed by atoms with Crippen molar-refractivity contribution in [2.45, 2.75) is 33.2 Å². The maximum Gasteiger partial charge on any atom is 0.180 e. The molecule has 4 heteroatoms. The van der Waals surface area contributed by atoms with E-state index in [0.717, 1.165) is 6.42 Å². The van der Waals surface area contributed by atoms with Crippen LogP contribution < -0.4 is 16.6 Å². The summed E-state index contributed by atoms with van der Waals surface area (Å²) < 4.78 is 0. The van der Waals surface area contributed by atoms with E-state index in [0.29, 0.717) is 17.1 Å². The Balaban J connectivity index is 3.51. The molecule has 3 nitrogen and oxygen atoms in total. The van der Waals surface area contributed by atoms with Crippen molar-refractivity contribution in [1.82, 2.24) is 10.7 Å². The lowest BCUT2D eigenvalue weighted by Gasteiger charge is -2.16. The molecule has 0 fully saturated rings. The van der Waals surface area contributed by atoms with Crippen LogP contribution in [0.3, 0.4) is 0 Å². The van der Waals surface area contributed by atoms with Gasteiger partial charge in [0.05, 0.1) is 0 Å². The van der Waals surface area contributed by atoms with Gasteiger partial charge in [0, 0.05) is 6.04 Å². The summed E-state index contributed by atoms with van der Waals surface area (Å²) in [6.45, 7) is 6.44. The van der Waals surface area contributed by atoms with Crippen LogP contribution in [-0.2, 0) is 0 Å². The maximum atomic E-state index is 5.10. The lowest BCUT2D eigenvalue weighted by atomic mass is 10.1. The van der Waals surface area contributed by atoms with E-state index in [-0.39, 0.29) is 0 Å². The fraction of sp³-hybridized carbons (Fsp3) is 0.857. The summed E-state index contributed by atoms with van der Waals surface area (Å²) in [5, 5.41) is 3.57. The van der Waals surface area contributed by atoms with Gasteiger partial charge in [0.15, 0.2) is 5.11 Å². The van der Waals surface area contributed by atoms with E-state index in [1.54, 1.807) is 0 Å². The highest BCUT2D eigenvalue weighted by atomic mass is 32.1. The van der Waals surface area contributed by atoms with E-state index >= 15 is 0 Å². The molecule has 0 aliphatic heterocycles. The Morgan fingerprint density at radius 2 is 2.00 bits per heavy atom. The van der Waals surface area contributed by atoms with Crippen LogP contribution >= 0.6 is 12.2 Å². The van der Waals surface area contributed by atoms with Gasteiger partial charge in [-0.2, -0.15) is 0 Å². The molecule has 4 N–H and O–H groups in total. The van der Waals surface area contributed by atoms with Gasteiger partial charge < -0.3 is 10.7 Å². The van der Waals surface area contributed by atoms with Crippen LogP contribution in [0.2, 0.25) is 0 Å². The van der Waals surface area contributed by atoms with Crippen molar-refractivity contribution in [3.63, 3.8) is 0 Å². The van der Waals surface area contributed by atoms with Crippen LogP contribution in [0.25, 0.3) is 0 Å². The van der Waals surface area contributed by atoms with Gasteiger partial charge in [-0.05, 0) is 31.5 Å². The molecule has 0 radical (unpaired) electrons. The van der Waals surface area contributed by atoms with Crippen LogP contribution in [-0.4, -0.2) is 11.2 Å². The summed E-state index contributed by atoms with van der Waals surface area (Å²) in [5.74, 6) is 5.78. The van der Waals surface area contributed by atoms with Crippen LogP contribution in [0.1, 0.15) is 27.2 Å². The minimum Gasteiger partial charge on any atom is -0.359 e. The molecule has 1 unspecified atom stereocenters. The minimum atomic E-state index is 0.388. The van der Waals surface area contributed by atoms with Gasteiger partial charge in [-0.1, -0.05) is 13.8 Å². The van der Waals surface area contributed by atoms with Gasteiger partial charge in [-0.15, -0.1) is 0 Å². The van der Waals surface area contributed by atoms with Gasteiger partial charge in [0.1, 0.15) is 0 Å². The SMILES string of the molecule is CC(C)CC(C)NC(=S)NN. The zero-order chi connectivity index (χ0) is 8.85. The van der Waals surface area contributed by atoms with Crippen LogP contribution in [0, 0.1) is 5.92 Å². The van der Waals surface area contributed by atoms with E-state index in [1.807, 2.05) is 0 Å². The third-order valence-corrected chi connectivity index (χ3v) is 1.57. The highest BCUT2D eigenvalue weighted by Gasteiger charge is 2.04. The first kappa shape index (κ1) is 10.7. The molecule has 1 atom stereocenters. The number of nitrogens with two attached hydrogens (primary N) is 1. The third-order valence-electron chi connectivity index (χ3n) is 1.33. The quantitative estimate of drug-likeness (QED) is 0.337. The summed E-state index contributed by atoms with van der Waals surface area (Å²) in [4.78, 5) is 0. The molecule has 0 aliphatic carbocycles. The molecule has 11 heavy (non-hydrogen) atoms. The lowest BCUT2D eigenvalue weighted by Crippen LogP contribution is -2.44. The van der Waals surface area contributed by atoms with Gasteiger partial charge in [0.2, 0.25) is 0 Å². The second-order valence-electron chi connectivity index (χ2n) is 3.15. The number of hydrazine groups is 1. The molecule has 0 spiro atoms. The normalized spacial score (nSPS) is 12.8. The Kier molecular flexibility index (Phi) is 5.15. The van der Waals surface area contributed by atoms with E-state index < -0.39 is 0 Å². The molecule has 0 saturated heterocycles. The van der Waals surface area contributed by atoms with Crippen molar-refractivity contribution in [1.29, 1.82) is 0 Å². The molecule has 0 rings (SSSR count). The molecule has 0 heterocycles. The van der Waals surface area contributed by atoms with Crippen LogP contribution in [0.4, 0.5) is 0 Å². The smallest absolute Gasteiger partial charge is 0.180 e. The van der Waals surface area contributed by atoms with E-state index in [4.69, 9.17) is 18.1 Å². The van der Waals surface area contributed by atoms with Gasteiger partial charge in [-0.3, -0.25) is 0 Å². The fourth-order valence-electron chi connectivity index (χ4n) is 1.03. The highest BCUT2D eigenvalue weighted by molar-refractivity contribution is 7.80. The standard InChI is InChI=1S/C7H17N3S/c1-5(2)4-6(3)9-7(11)10-8/h5-6H,4,8H2,1-3H3,(H2,9,10,11). The van der Waals surface area contributed by atoms with E-state index in [9.17, 15) is 0 Å². The zero-order valence-corrected chi connectivity index (χ0v) is 8.16. The summed E-state index contributed by atoms with van der Waals surface area (Å²) >= 11 is 4.84. The largest absolute Gasteiger partial charge is 0.359 e. The Hall–Kier alpha value is -0.350. The lowest BCUT2D eigenvalue weighted by molar-refractivity contribution is 0.489. The molecule has 0 aliphatic rings. The van der Waals surface area contributed by atoms with Crippen molar-refractivity contribution in [3.05, 3.63) is 0 Å². The molecule has 0 amide bonds. The molecule has 0 aromatic rings. The second kappa shape index (κ2) is 5.32. The van der Waals surface area contributed by atoms with Crippen molar-refractivity contribution in [2.24, 2.45) is 11.8 Å². The predicted octanol–water partition coefficient (Wildman–Crippen LogP) is 0.759. The second-order valence-corrected chi connectivity index (χ2v) is 3.56. The van der Waals surface area contributed by atoms with Crippen LogP contribution in [0.15, 0.2) is 0 Å². The molecular formula is C7H17N3S. The van der Waals surface area contributed by atoms with E-state index in [1.165, 1.54) is 0 Å². The number of hydrogen-bond donors (Lipinski definition) is 3.